The summed E-state index contributed by atoms with van der Waals surface area (Å²) < 4.78 is 0. The van der Waals surface area contributed by atoms with Gasteiger partial charge in [0.2, 0.25) is 11.8 Å². The van der Waals surface area contributed by atoms with Crippen LogP contribution in [-0.2, 0) is 16.1 Å². The Balaban J connectivity index is 1.47. The zero-order valence-electron chi connectivity index (χ0n) is 17.6. The van der Waals surface area contributed by atoms with Gasteiger partial charge in [0, 0.05) is 37.6 Å². The summed E-state index contributed by atoms with van der Waals surface area (Å²) in [5.41, 5.74) is 0.833. The lowest BCUT2D eigenvalue weighted by Gasteiger charge is -2.43. The largest absolute Gasteiger partial charge is 0.352 e. The van der Waals surface area contributed by atoms with Crippen LogP contribution in [0.4, 0.5) is 0 Å². The van der Waals surface area contributed by atoms with Crippen LogP contribution in [-0.4, -0.2) is 53.8 Å². The number of amides is 2. The third kappa shape index (κ3) is 5.34. The fourth-order valence-corrected chi connectivity index (χ4v) is 4.39. The van der Waals surface area contributed by atoms with Crippen molar-refractivity contribution in [1.82, 2.24) is 15.1 Å². The van der Waals surface area contributed by atoms with Crippen LogP contribution in [0.2, 0.25) is 0 Å². The van der Waals surface area contributed by atoms with Gasteiger partial charge in [0.1, 0.15) is 0 Å². The van der Waals surface area contributed by atoms with E-state index in [1.54, 1.807) is 0 Å². The molecule has 5 heteroatoms. The number of nitrogens with zero attached hydrogens (tertiary/aromatic N) is 2. The van der Waals surface area contributed by atoms with Crippen molar-refractivity contribution in [2.45, 2.75) is 59.0 Å². The van der Waals surface area contributed by atoms with Gasteiger partial charge in [-0.1, -0.05) is 51.1 Å². The van der Waals surface area contributed by atoms with E-state index in [1.807, 2.05) is 56.0 Å². The fourth-order valence-electron chi connectivity index (χ4n) is 4.39. The van der Waals surface area contributed by atoms with Crippen molar-refractivity contribution in [2.75, 3.05) is 26.2 Å². The summed E-state index contributed by atoms with van der Waals surface area (Å²) in [4.78, 5) is 29.7. The first-order valence-electron chi connectivity index (χ1n) is 10.7. The monoisotopic (exact) mass is 385 g/mol. The maximum Gasteiger partial charge on any atom is 0.227 e. The van der Waals surface area contributed by atoms with E-state index in [1.165, 1.54) is 0 Å². The second-order valence-corrected chi connectivity index (χ2v) is 9.31. The Morgan fingerprint density at radius 3 is 2.36 bits per heavy atom. The van der Waals surface area contributed by atoms with Gasteiger partial charge in [-0.15, -0.1) is 0 Å². The van der Waals surface area contributed by atoms with Crippen molar-refractivity contribution in [3.05, 3.63) is 35.9 Å². The first-order valence-corrected chi connectivity index (χ1v) is 10.7. The molecular weight excluding hydrogens is 350 g/mol. The highest BCUT2D eigenvalue weighted by molar-refractivity contribution is 5.81. The highest BCUT2D eigenvalue weighted by atomic mass is 16.2. The van der Waals surface area contributed by atoms with Crippen LogP contribution in [0.25, 0.3) is 0 Å². The molecule has 0 saturated carbocycles. The number of piperidine rings is 2. The zero-order valence-corrected chi connectivity index (χ0v) is 17.6. The Kier molecular flexibility index (Phi) is 6.76. The predicted octanol–water partition coefficient (Wildman–Crippen LogP) is 3.05. The summed E-state index contributed by atoms with van der Waals surface area (Å²) in [6.07, 6.45) is 4.07. The molecule has 0 aliphatic carbocycles. The number of benzene rings is 1. The van der Waals surface area contributed by atoms with E-state index in [4.69, 9.17) is 0 Å². The zero-order chi connectivity index (χ0) is 20.1. The number of likely N-dealkylation sites (tertiary alicyclic amines) is 2. The van der Waals surface area contributed by atoms with Crippen molar-refractivity contribution in [3.8, 4) is 0 Å². The Morgan fingerprint density at radius 1 is 1.04 bits per heavy atom. The number of rotatable bonds is 4. The minimum absolute atomic E-state index is 0.0756. The van der Waals surface area contributed by atoms with Crippen LogP contribution in [0.15, 0.2) is 30.3 Å². The predicted molar refractivity (Wildman–Crippen MR) is 112 cm³/mol. The molecule has 0 bridgehead atoms. The molecule has 2 fully saturated rings. The van der Waals surface area contributed by atoms with E-state index in [2.05, 4.69) is 10.2 Å². The minimum Gasteiger partial charge on any atom is -0.352 e. The molecule has 5 nitrogen and oxygen atoms in total. The van der Waals surface area contributed by atoms with Gasteiger partial charge in [-0.05, 0) is 37.8 Å². The SMILES string of the molecule is CC(C)(C)C(=O)N1CCC(N2CCCC(C(=O)NCc3ccccc3)C2)CC1. The molecule has 1 aromatic carbocycles. The van der Waals surface area contributed by atoms with E-state index >= 15 is 0 Å². The Hall–Kier alpha value is -1.88. The molecule has 0 aromatic heterocycles. The van der Waals surface area contributed by atoms with Crippen molar-refractivity contribution in [3.63, 3.8) is 0 Å². The van der Waals surface area contributed by atoms with E-state index < -0.39 is 0 Å². The topological polar surface area (TPSA) is 52.7 Å². The van der Waals surface area contributed by atoms with Crippen LogP contribution < -0.4 is 5.32 Å². The van der Waals surface area contributed by atoms with Gasteiger partial charge in [0.25, 0.3) is 0 Å². The van der Waals surface area contributed by atoms with E-state index in [9.17, 15) is 9.59 Å². The van der Waals surface area contributed by atoms with Crippen LogP contribution in [0.5, 0.6) is 0 Å². The van der Waals surface area contributed by atoms with Crippen LogP contribution in [0, 0.1) is 11.3 Å². The summed E-state index contributed by atoms with van der Waals surface area (Å²) in [5.74, 6) is 0.503. The molecule has 28 heavy (non-hydrogen) atoms. The second kappa shape index (κ2) is 9.08. The molecule has 154 valence electrons. The maximum atomic E-state index is 12.7. The van der Waals surface area contributed by atoms with E-state index in [-0.39, 0.29) is 23.1 Å². The standard InChI is InChI=1S/C23H35N3O2/c1-23(2,3)22(28)25-14-11-20(12-15-25)26-13-7-10-19(17-26)21(27)24-16-18-8-5-4-6-9-18/h4-6,8-9,19-20H,7,10-17H2,1-3H3,(H,24,27). The number of hydrogen-bond donors (Lipinski definition) is 1. The average Bonchev–Trinajstić information content (AvgIpc) is 2.72. The van der Waals surface area contributed by atoms with Crippen LogP contribution >= 0.6 is 0 Å². The van der Waals surface area contributed by atoms with Gasteiger partial charge in [-0.25, -0.2) is 0 Å². The third-order valence-corrected chi connectivity index (χ3v) is 6.04. The molecule has 2 heterocycles. The van der Waals surface area contributed by atoms with E-state index in [0.717, 1.165) is 57.4 Å². The molecule has 0 radical (unpaired) electrons. The van der Waals surface area contributed by atoms with Crippen molar-refractivity contribution in [1.29, 1.82) is 0 Å². The smallest absolute Gasteiger partial charge is 0.227 e. The second-order valence-electron chi connectivity index (χ2n) is 9.31. The van der Waals surface area contributed by atoms with Gasteiger partial charge in [0.15, 0.2) is 0 Å². The number of nitrogens with one attached hydrogen (secondary N) is 1. The molecule has 1 unspecified atom stereocenters. The van der Waals surface area contributed by atoms with Gasteiger partial charge >= 0.3 is 0 Å². The molecule has 2 aliphatic heterocycles. The summed E-state index contributed by atoms with van der Waals surface area (Å²) in [7, 11) is 0. The number of carbonyl (C=O) groups is 2. The normalized spacial score (nSPS) is 22.1. The Labute approximate surface area is 169 Å². The quantitative estimate of drug-likeness (QED) is 0.867. The van der Waals surface area contributed by atoms with Crippen molar-refractivity contribution in [2.24, 2.45) is 11.3 Å². The van der Waals surface area contributed by atoms with Crippen LogP contribution in [0.3, 0.4) is 0 Å². The lowest BCUT2D eigenvalue weighted by Crippen LogP contribution is -2.52. The van der Waals surface area contributed by atoms with Crippen molar-refractivity contribution >= 4 is 11.8 Å². The maximum absolute atomic E-state index is 12.7. The van der Waals surface area contributed by atoms with Crippen molar-refractivity contribution < 1.29 is 9.59 Å². The summed E-state index contributed by atoms with van der Waals surface area (Å²) in [6.45, 7) is 10.2. The minimum atomic E-state index is -0.306. The number of hydrogen-bond acceptors (Lipinski definition) is 3. The molecule has 1 N–H and O–H groups in total. The molecule has 3 rings (SSSR count). The molecule has 1 atom stereocenters. The first-order chi connectivity index (χ1) is 13.3. The van der Waals surface area contributed by atoms with Gasteiger partial charge < -0.3 is 10.2 Å². The lowest BCUT2D eigenvalue weighted by molar-refractivity contribution is -0.141. The summed E-state index contributed by atoms with van der Waals surface area (Å²) in [6, 6.07) is 10.6. The Morgan fingerprint density at radius 2 is 1.71 bits per heavy atom. The number of carbonyl (C=O) groups excluding carboxylic acids is 2. The molecule has 1 aromatic rings. The first kappa shape index (κ1) is 20.8. The molecular formula is C23H35N3O2. The summed E-state index contributed by atoms with van der Waals surface area (Å²) in [5, 5.41) is 3.11. The summed E-state index contributed by atoms with van der Waals surface area (Å²) >= 11 is 0. The molecule has 2 saturated heterocycles. The van der Waals surface area contributed by atoms with Crippen LogP contribution in [0.1, 0.15) is 52.0 Å². The average molecular weight is 386 g/mol. The fraction of sp³-hybridized carbons (Fsp3) is 0.652. The molecule has 0 spiro atoms. The Bertz CT molecular complexity index is 660. The molecule has 2 aliphatic rings. The van der Waals surface area contributed by atoms with Gasteiger partial charge in [0.05, 0.1) is 5.92 Å². The van der Waals surface area contributed by atoms with Gasteiger partial charge in [-0.2, -0.15) is 0 Å². The van der Waals surface area contributed by atoms with Gasteiger partial charge in [-0.3, -0.25) is 14.5 Å². The third-order valence-electron chi connectivity index (χ3n) is 6.04. The van der Waals surface area contributed by atoms with E-state index in [0.29, 0.717) is 12.6 Å². The highest BCUT2D eigenvalue weighted by Crippen LogP contribution is 2.26. The lowest BCUT2D eigenvalue weighted by atomic mass is 9.91. The highest BCUT2D eigenvalue weighted by Gasteiger charge is 2.34. The molecule has 2 amide bonds.